The van der Waals surface area contributed by atoms with E-state index < -0.39 is 17.8 Å². The fourth-order valence-corrected chi connectivity index (χ4v) is 4.26. The number of hydrogen-bond acceptors (Lipinski definition) is 8. The number of alkyl halides is 3. The van der Waals surface area contributed by atoms with Gasteiger partial charge in [0.05, 0.1) is 31.0 Å². The zero-order valence-electron chi connectivity index (χ0n) is 20.2. The SMILES string of the molecule is Nc1nccc(Oc2ccc3c(c2)OCCN3C(=O)Nc2ccc(CN3CCOCC3)c(C(F)(F)F)c2)n1. The lowest BCUT2D eigenvalue weighted by molar-refractivity contribution is -0.138. The van der Waals surface area contributed by atoms with Crippen molar-refractivity contribution in [3.8, 4) is 17.4 Å². The maximum absolute atomic E-state index is 13.9. The number of ether oxygens (including phenoxy) is 3. The number of morpholine rings is 1. The smallest absolute Gasteiger partial charge is 0.416 e. The Morgan fingerprint density at radius 2 is 1.89 bits per heavy atom. The molecule has 2 aliphatic rings. The molecule has 0 atom stereocenters. The van der Waals surface area contributed by atoms with Gasteiger partial charge in [-0.25, -0.2) is 9.78 Å². The molecule has 1 fully saturated rings. The summed E-state index contributed by atoms with van der Waals surface area (Å²) in [4.78, 5) is 24.2. The lowest BCUT2D eigenvalue weighted by Crippen LogP contribution is -2.40. The molecule has 5 rings (SSSR count). The van der Waals surface area contributed by atoms with E-state index in [1.165, 1.54) is 29.3 Å². The van der Waals surface area contributed by atoms with Crippen LogP contribution in [0.15, 0.2) is 48.7 Å². The van der Waals surface area contributed by atoms with Crippen LogP contribution in [-0.4, -0.2) is 60.4 Å². The lowest BCUT2D eigenvalue weighted by Gasteiger charge is -2.30. The van der Waals surface area contributed by atoms with Crippen LogP contribution in [0.4, 0.5) is 35.3 Å². The number of carbonyl (C=O) groups excluding carboxylic acids is 1. The Bertz CT molecular complexity index is 1320. The van der Waals surface area contributed by atoms with Gasteiger partial charge in [0.25, 0.3) is 0 Å². The molecule has 3 N–H and O–H groups in total. The highest BCUT2D eigenvalue weighted by molar-refractivity contribution is 6.03. The molecule has 0 spiro atoms. The van der Waals surface area contributed by atoms with Crippen LogP contribution in [0.25, 0.3) is 0 Å². The van der Waals surface area contributed by atoms with E-state index in [0.29, 0.717) is 43.5 Å². The van der Waals surface area contributed by atoms with Gasteiger partial charge >= 0.3 is 12.2 Å². The van der Waals surface area contributed by atoms with E-state index in [1.54, 1.807) is 18.2 Å². The normalized spacial score (nSPS) is 15.9. The molecule has 2 aliphatic heterocycles. The second-order valence-corrected chi connectivity index (χ2v) is 8.67. The second-order valence-electron chi connectivity index (χ2n) is 8.67. The number of nitrogens with one attached hydrogen (secondary N) is 1. The summed E-state index contributed by atoms with van der Waals surface area (Å²) in [6.45, 7) is 2.64. The molecule has 200 valence electrons. The number of nitrogen functional groups attached to an aromatic ring is 1. The number of urea groups is 1. The molecule has 0 saturated carbocycles. The van der Waals surface area contributed by atoms with E-state index in [1.807, 2.05) is 4.90 Å². The first-order chi connectivity index (χ1) is 18.3. The van der Waals surface area contributed by atoms with Crippen LogP contribution in [0.5, 0.6) is 17.4 Å². The van der Waals surface area contributed by atoms with Crippen LogP contribution in [0.2, 0.25) is 0 Å². The first-order valence-electron chi connectivity index (χ1n) is 11.9. The molecule has 38 heavy (non-hydrogen) atoms. The third-order valence-electron chi connectivity index (χ3n) is 6.07. The quantitative estimate of drug-likeness (QED) is 0.506. The van der Waals surface area contributed by atoms with Gasteiger partial charge in [-0.15, -0.1) is 0 Å². The van der Waals surface area contributed by atoms with Gasteiger partial charge in [0.15, 0.2) is 0 Å². The summed E-state index contributed by atoms with van der Waals surface area (Å²) in [6, 6.07) is 9.65. The van der Waals surface area contributed by atoms with Crippen LogP contribution < -0.4 is 25.4 Å². The number of fused-ring (bicyclic) bond motifs is 1. The van der Waals surface area contributed by atoms with E-state index >= 15 is 0 Å². The highest BCUT2D eigenvalue weighted by atomic mass is 19.4. The van der Waals surface area contributed by atoms with Crippen LogP contribution in [0.3, 0.4) is 0 Å². The van der Waals surface area contributed by atoms with E-state index in [2.05, 4.69) is 15.3 Å². The molecular weight excluding hydrogens is 505 g/mol. The van der Waals surface area contributed by atoms with E-state index in [4.69, 9.17) is 19.9 Å². The number of benzene rings is 2. The van der Waals surface area contributed by atoms with Crippen LogP contribution in [0, 0.1) is 0 Å². The Kier molecular flexibility index (Phi) is 7.20. The molecule has 1 aromatic heterocycles. The summed E-state index contributed by atoms with van der Waals surface area (Å²) in [6.07, 6.45) is -3.11. The van der Waals surface area contributed by atoms with Crippen molar-refractivity contribution in [2.45, 2.75) is 12.7 Å². The van der Waals surface area contributed by atoms with Crippen molar-refractivity contribution in [3.63, 3.8) is 0 Å². The molecule has 3 aromatic rings. The van der Waals surface area contributed by atoms with Crippen molar-refractivity contribution in [1.29, 1.82) is 0 Å². The number of rotatable bonds is 5. The number of aromatic nitrogens is 2. The Morgan fingerprint density at radius 1 is 1.08 bits per heavy atom. The predicted molar refractivity (Wildman–Crippen MR) is 132 cm³/mol. The maximum atomic E-state index is 13.9. The monoisotopic (exact) mass is 530 g/mol. The highest BCUT2D eigenvalue weighted by Crippen LogP contribution is 2.37. The number of amides is 2. The molecule has 1 saturated heterocycles. The third-order valence-corrected chi connectivity index (χ3v) is 6.07. The fourth-order valence-electron chi connectivity index (χ4n) is 4.26. The molecule has 13 heteroatoms. The molecule has 10 nitrogen and oxygen atoms in total. The second kappa shape index (κ2) is 10.7. The van der Waals surface area contributed by atoms with Crippen molar-refractivity contribution in [2.24, 2.45) is 0 Å². The van der Waals surface area contributed by atoms with Crippen LogP contribution in [0.1, 0.15) is 11.1 Å². The molecular formula is C25H25F3N6O4. The minimum atomic E-state index is -4.57. The Hall–Kier alpha value is -4.10. The number of nitrogens with two attached hydrogens (primary N) is 1. The predicted octanol–water partition coefficient (Wildman–Crippen LogP) is 4.13. The van der Waals surface area contributed by atoms with Crippen molar-refractivity contribution < 1.29 is 32.2 Å². The standard InChI is InChI=1S/C25H25F3N6O4/c26-25(27,28)19-13-17(2-1-16(19)15-33-7-10-36-11-8-33)31-24(35)34-9-12-37-21-14-18(3-4-20(21)34)38-22-5-6-30-23(29)32-22/h1-6,13-14H,7-12,15H2,(H,31,35)(H2,29,30,32). The van der Waals surface area contributed by atoms with E-state index in [-0.39, 0.29) is 42.8 Å². The van der Waals surface area contributed by atoms with Gasteiger partial charge in [-0.1, -0.05) is 6.07 Å². The molecule has 0 radical (unpaired) electrons. The number of nitrogens with zero attached hydrogens (tertiary/aromatic N) is 4. The maximum Gasteiger partial charge on any atom is 0.416 e. The first-order valence-corrected chi connectivity index (χ1v) is 11.9. The van der Waals surface area contributed by atoms with Crippen molar-refractivity contribution in [2.75, 3.05) is 55.4 Å². The zero-order valence-corrected chi connectivity index (χ0v) is 20.2. The first kappa shape index (κ1) is 25.5. The van der Waals surface area contributed by atoms with Crippen molar-refractivity contribution in [3.05, 3.63) is 59.8 Å². The number of carbonyl (C=O) groups is 1. The summed E-state index contributed by atoms with van der Waals surface area (Å²) in [7, 11) is 0. The van der Waals surface area contributed by atoms with Gasteiger partial charge in [0.1, 0.15) is 18.1 Å². The molecule has 3 heterocycles. The van der Waals surface area contributed by atoms with Crippen LogP contribution in [-0.2, 0) is 17.5 Å². The molecule has 0 unspecified atom stereocenters. The van der Waals surface area contributed by atoms with E-state index in [9.17, 15) is 18.0 Å². The Morgan fingerprint density at radius 3 is 2.66 bits per heavy atom. The Balaban J connectivity index is 1.32. The van der Waals surface area contributed by atoms with Crippen LogP contribution >= 0.6 is 0 Å². The number of halogens is 3. The third kappa shape index (κ3) is 5.89. The molecule has 2 aromatic carbocycles. The van der Waals surface area contributed by atoms with Gasteiger partial charge in [-0.2, -0.15) is 18.2 Å². The van der Waals surface area contributed by atoms with Gasteiger partial charge in [0.2, 0.25) is 11.8 Å². The number of anilines is 3. The van der Waals surface area contributed by atoms with Gasteiger partial charge < -0.3 is 25.3 Å². The van der Waals surface area contributed by atoms with Gasteiger partial charge in [0, 0.05) is 43.7 Å². The highest BCUT2D eigenvalue weighted by Gasteiger charge is 2.34. The average molecular weight is 531 g/mol. The lowest BCUT2D eigenvalue weighted by atomic mass is 10.0. The number of hydrogen-bond donors (Lipinski definition) is 2. The minimum Gasteiger partial charge on any atom is -0.489 e. The fraction of sp³-hybridized carbons (Fsp3) is 0.320. The summed E-state index contributed by atoms with van der Waals surface area (Å²) in [5.74, 6) is 1.07. The summed E-state index contributed by atoms with van der Waals surface area (Å²) in [5.41, 5.74) is 5.43. The van der Waals surface area contributed by atoms with Gasteiger partial charge in [-0.05, 0) is 29.8 Å². The summed E-state index contributed by atoms with van der Waals surface area (Å²) in [5, 5.41) is 2.59. The molecule has 2 amide bonds. The van der Waals surface area contributed by atoms with Gasteiger partial charge in [-0.3, -0.25) is 9.80 Å². The van der Waals surface area contributed by atoms with Crippen molar-refractivity contribution in [1.82, 2.24) is 14.9 Å². The summed E-state index contributed by atoms with van der Waals surface area (Å²) >= 11 is 0. The average Bonchev–Trinajstić information content (AvgIpc) is 2.89. The minimum absolute atomic E-state index is 0.0439. The zero-order chi connectivity index (χ0) is 26.7. The van der Waals surface area contributed by atoms with Crippen molar-refractivity contribution >= 4 is 23.4 Å². The molecule has 0 bridgehead atoms. The van der Waals surface area contributed by atoms with E-state index in [0.717, 1.165) is 6.07 Å². The topological polar surface area (TPSA) is 115 Å². The Labute approximate surface area is 216 Å². The summed E-state index contributed by atoms with van der Waals surface area (Å²) < 4.78 is 58.3. The molecule has 0 aliphatic carbocycles. The largest absolute Gasteiger partial charge is 0.489 e.